The van der Waals surface area contributed by atoms with Crippen LogP contribution in [0, 0.1) is 5.92 Å². The molecular formula is C8H18O. The first kappa shape index (κ1) is 8.96. The van der Waals surface area contributed by atoms with E-state index >= 15 is 0 Å². The van der Waals surface area contributed by atoms with E-state index in [1.807, 2.05) is 13.8 Å². The Hall–Kier alpha value is -0.0400. The van der Waals surface area contributed by atoms with Gasteiger partial charge in [0.2, 0.25) is 0 Å². The van der Waals surface area contributed by atoms with E-state index < -0.39 is 5.60 Å². The average molecular weight is 130 g/mol. The molecule has 0 aromatic carbocycles. The molecule has 0 heterocycles. The number of rotatable bonds is 3. The van der Waals surface area contributed by atoms with Crippen LogP contribution in [0.5, 0.6) is 0 Å². The highest BCUT2D eigenvalue weighted by Crippen LogP contribution is 2.17. The van der Waals surface area contributed by atoms with Gasteiger partial charge in [-0.25, -0.2) is 0 Å². The average Bonchev–Trinajstić information content (AvgIpc) is 1.62. The summed E-state index contributed by atoms with van der Waals surface area (Å²) in [4.78, 5) is 0. The predicted molar refractivity (Wildman–Crippen MR) is 40.4 cm³/mol. The van der Waals surface area contributed by atoms with Crippen molar-refractivity contribution in [2.75, 3.05) is 0 Å². The van der Waals surface area contributed by atoms with Crippen molar-refractivity contribution in [2.24, 2.45) is 5.92 Å². The molecule has 0 saturated carbocycles. The Morgan fingerprint density at radius 1 is 1.44 bits per heavy atom. The number of hydrogen-bond acceptors (Lipinski definition) is 1. The van der Waals surface area contributed by atoms with Crippen molar-refractivity contribution < 1.29 is 5.11 Å². The van der Waals surface area contributed by atoms with Crippen molar-refractivity contribution >= 4 is 0 Å². The molecule has 0 aromatic rings. The first-order valence-corrected chi connectivity index (χ1v) is 3.68. The molecule has 0 rings (SSSR count). The van der Waals surface area contributed by atoms with Gasteiger partial charge in [-0.05, 0) is 26.2 Å². The van der Waals surface area contributed by atoms with Gasteiger partial charge in [0.15, 0.2) is 0 Å². The second-order valence-electron chi connectivity index (χ2n) is 3.53. The van der Waals surface area contributed by atoms with Crippen LogP contribution in [0.1, 0.15) is 40.5 Å². The quantitative estimate of drug-likeness (QED) is 0.621. The molecule has 0 fully saturated rings. The van der Waals surface area contributed by atoms with E-state index in [0.717, 1.165) is 12.8 Å². The SMILES string of the molecule is CCC(C)CC(C)(C)O. The zero-order valence-corrected chi connectivity index (χ0v) is 6.94. The van der Waals surface area contributed by atoms with Gasteiger partial charge in [-0.3, -0.25) is 0 Å². The molecule has 0 saturated heterocycles. The molecule has 1 atom stereocenters. The summed E-state index contributed by atoms with van der Waals surface area (Å²) in [6.07, 6.45) is 2.06. The third kappa shape index (κ3) is 5.84. The third-order valence-corrected chi connectivity index (χ3v) is 1.54. The van der Waals surface area contributed by atoms with Gasteiger partial charge in [0, 0.05) is 0 Å². The van der Waals surface area contributed by atoms with E-state index in [0.29, 0.717) is 5.92 Å². The second-order valence-corrected chi connectivity index (χ2v) is 3.53. The molecule has 0 spiro atoms. The maximum Gasteiger partial charge on any atom is 0.0594 e. The summed E-state index contributed by atoms with van der Waals surface area (Å²) in [5.74, 6) is 0.644. The summed E-state index contributed by atoms with van der Waals surface area (Å²) in [6.45, 7) is 8.03. The summed E-state index contributed by atoms with van der Waals surface area (Å²) in [5, 5.41) is 9.32. The fraction of sp³-hybridized carbons (Fsp3) is 1.00. The van der Waals surface area contributed by atoms with Crippen molar-refractivity contribution in [1.29, 1.82) is 0 Å². The van der Waals surface area contributed by atoms with Crippen LogP contribution in [0.4, 0.5) is 0 Å². The molecule has 0 radical (unpaired) electrons. The smallest absolute Gasteiger partial charge is 0.0594 e. The van der Waals surface area contributed by atoms with Gasteiger partial charge in [-0.1, -0.05) is 20.3 Å². The lowest BCUT2D eigenvalue weighted by Crippen LogP contribution is -2.21. The fourth-order valence-corrected chi connectivity index (χ4v) is 0.997. The Morgan fingerprint density at radius 2 is 1.89 bits per heavy atom. The van der Waals surface area contributed by atoms with Gasteiger partial charge in [0.05, 0.1) is 5.60 Å². The van der Waals surface area contributed by atoms with Crippen molar-refractivity contribution in [3.63, 3.8) is 0 Å². The summed E-state index contributed by atoms with van der Waals surface area (Å²) in [7, 11) is 0. The first-order valence-electron chi connectivity index (χ1n) is 3.68. The third-order valence-electron chi connectivity index (χ3n) is 1.54. The van der Waals surface area contributed by atoms with E-state index in [2.05, 4.69) is 13.8 Å². The van der Waals surface area contributed by atoms with E-state index in [1.165, 1.54) is 0 Å². The van der Waals surface area contributed by atoms with Crippen LogP contribution in [0.15, 0.2) is 0 Å². The van der Waals surface area contributed by atoms with E-state index in [-0.39, 0.29) is 0 Å². The minimum atomic E-state index is -0.477. The highest BCUT2D eigenvalue weighted by atomic mass is 16.3. The molecule has 56 valence electrons. The molecule has 0 aliphatic carbocycles. The maximum absolute atomic E-state index is 9.32. The monoisotopic (exact) mass is 130 g/mol. The number of aliphatic hydroxyl groups is 1. The fourth-order valence-electron chi connectivity index (χ4n) is 0.997. The Bertz CT molecular complexity index is 71.1. The predicted octanol–water partition coefficient (Wildman–Crippen LogP) is 2.19. The zero-order valence-electron chi connectivity index (χ0n) is 6.94. The summed E-state index contributed by atoms with van der Waals surface area (Å²) < 4.78 is 0. The molecule has 0 amide bonds. The molecule has 0 aliphatic heterocycles. The van der Waals surface area contributed by atoms with Crippen LogP contribution in [-0.2, 0) is 0 Å². The van der Waals surface area contributed by atoms with Crippen LogP contribution in [0.3, 0.4) is 0 Å². The molecule has 9 heavy (non-hydrogen) atoms. The summed E-state index contributed by atoms with van der Waals surface area (Å²) in [5.41, 5.74) is -0.477. The van der Waals surface area contributed by atoms with Crippen LogP contribution in [0.25, 0.3) is 0 Å². The molecule has 1 N–H and O–H groups in total. The van der Waals surface area contributed by atoms with Crippen molar-refractivity contribution in [3.8, 4) is 0 Å². The highest BCUT2D eigenvalue weighted by molar-refractivity contribution is 4.67. The van der Waals surface area contributed by atoms with Gasteiger partial charge < -0.3 is 5.11 Å². The molecule has 1 nitrogen and oxygen atoms in total. The van der Waals surface area contributed by atoms with E-state index in [9.17, 15) is 5.11 Å². The lowest BCUT2D eigenvalue weighted by molar-refractivity contribution is 0.0547. The van der Waals surface area contributed by atoms with Crippen LogP contribution < -0.4 is 0 Å². The molecule has 0 aromatic heterocycles. The van der Waals surface area contributed by atoms with Gasteiger partial charge in [0.25, 0.3) is 0 Å². The standard InChI is InChI=1S/C8H18O/c1-5-7(2)6-8(3,4)9/h7,9H,5-6H2,1-4H3. The van der Waals surface area contributed by atoms with Crippen molar-refractivity contribution in [1.82, 2.24) is 0 Å². The summed E-state index contributed by atoms with van der Waals surface area (Å²) >= 11 is 0. The minimum absolute atomic E-state index is 0.477. The van der Waals surface area contributed by atoms with E-state index in [1.54, 1.807) is 0 Å². The molecule has 1 unspecified atom stereocenters. The van der Waals surface area contributed by atoms with Crippen LogP contribution in [-0.4, -0.2) is 10.7 Å². The van der Waals surface area contributed by atoms with Gasteiger partial charge in [0.1, 0.15) is 0 Å². The van der Waals surface area contributed by atoms with Gasteiger partial charge in [-0.2, -0.15) is 0 Å². The van der Waals surface area contributed by atoms with Gasteiger partial charge in [-0.15, -0.1) is 0 Å². The van der Waals surface area contributed by atoms with Crippen molar-refractivity contribution in [2.45, 2.75) is 46.1 Å². The van der Waals surface area contributed by atoms with E-state index in [4.69, 9.17) is 0 Å². The first-order chi connectivity index (χ1) is 3.95. The molecule has 0 aliphatic rings. The van der Waals surface area contributed by atoms with Crippen LogP contribution >= 0.6 is 0 Å². The largest absolute Gasteiger partial charge is 0.390 e. The molecule has 0 bridgehead atoms. The second kappa shape index (κ2) is 3.21. The molecule has 1 heteroatoms. The molecular weight excluding hydrogens is 112 g/mol. The zero-order chi connectivity index (χ0) is 7.49. The Balaban J connectivity index is 3.47. The number of hydrogen-bond donors (Lipinski definition) is 1. The lowest BCUT2D eigenvalue weighted by atomic mass is 9.93. The maximum atomic E-state index is 9.32. The van der Waals surface area contributed by atoms with Crippen molar-refractivity contribution in [3.05, 3.63) is 0 Å². The lowest BCUT2D eigenvalue weighted by Gasteiger charge is -2.20. The normalized spacial score (nSPS) is 15.7. The topological polar surface area (TPSA) is 20.2 Å². The Morgan fingerprint density at radius 3 is 2.00 bits per heavy atom. The summed E-state index contributed by atoms with van der Waals surface area (Å²) in [6, 6.07) is 0. The Labute approximate surface area is 58.1 Å². The van der Waals surface area contributed by atoms with Gasteiger partial charge >= 0.3 is 0 Å². The highest BCUT2D eigenvalue weighted by Gasteiger charge is 2.15. The minimum Gasteiger partial charge on any atom is -0.390 e. The Kier molecular flexibility index (Phi) is 3.20. The van der Waals surface area contributed by atoms with Crippen LogP contribution in [0.2, 0.25) is 0 Å².